The van der Waals surface area contributed by atoms with Crippen LogP contribution in [0.3, 0.4) is 0 Å². The normalized spacial score (nSPS) is 10.0. The molecular formula is C10H8N4. The van der Waals surface area contributed by atoms with Crippen LogP contribution in [0.2, 0.25) is 0 Å². The van der Waals surface area contributed by atoms with Crippen LogP contribution >= 0.6 is 0 Å². The van der Waals surface area contributed by atoms with E-state index in [2.05, 4.69) is 10.2 Å². The molecule has 0 radical (unpaired) electrons. The van der Waals surface area contributed by atoms with Gasteiger partial charge in [-0.25, -0.2) is 0 Å². The van der Waals surface area contributed by atoms with Crippen LogP contribution in [0.5, 0.6) is 0 Å². The highest BCUT2D eigenvalue weighted by atomic mass is 15.1. The van der Waals surface area contributed by atoms with Crippen molar-refractivity contribution in [2.75, 3.05) is 0 Å². The van der Waals surface area contributed by atoms with Crippen LogP contribution in [0.25, 0.3) is 0 Å². The molecule has 0 spiro atoms. The molecule has 0 saturated carbocycles. The minimum atomic E-state index is -1.02. The summed E-state index contributed by atoms with van der Waals surface area (Å²) >= 11 is 0. The summed E-state index contributed by atoms with van der Waals surface area (Å²) < 4.78 is 0. The summed E-state index contributed by atoms with van der Waals surface area (Å²) in [6.45, 7) is 1.89. The predicted molar refractivity (Wildman–Crippen MR) is 50.7 cm³/mol. The minimum absolute atomic E-state index is 0.683. The average Bonchev–Trinajstić information content (AvgIpc) is 2.22. The Morgan fingerprint density at radius 1 is 1.21 bits per heavy atom. The van der Waals surface area contributed by atoms with Crippen molar-refractivity contribution in [2.24, 2.45) is 10.2 Å². The second kappa shape index (κ2) is 4.74. The Morgan fingerprint density at radius 3 is 2.43 bits per heavy atom. The lowest BCUT2D eigenvalue weighted by atomic mass is 10.2. The summed E-state index contributed by atoms with van der Waals surface area (Å²) in [4.78, 5) is 0. The third kappa shape index (κ3) is 2.40. The minimum Gasteiger partial charge on any atom is -0.195 e. The molecule has 0 heterocycles. The van der Waals surface area contributed by atoms with Gasteiger partial charge in [0, 0.05) is 0 Å². The Morgan fingerprint density at radius 2 is 1.86 bits per heavy atom. The highest BCUT2D eigenvalue weighted by molar-refractivity contribution is 5.43. The van der Waals surface area contributed by atoms with Gasteiger partial charge < -0.3 is 0 Å². The number of rotatable bonds is 2. The van der Waals surface area contributed by atoms with Gasteiger partial charge in [0.15, 0.2) is 0 Å². The summed E-state index contributed by atoms with van der Waals surface area (Å²) in [5.41, 5.74) is 1.65. The first-order chi connectivity index (χ1) is 6.77. The van der Waals surface area contributed by atoms with E-state index in [1.54, 1.807) is 18.2 Å². The lowest BCUT2D eigenvalue weighted by molar-refractivity contribution is 0.947. The molecule has 1 aromatic rings. The molecule has 0 aliphatic heterocycles. The molecule has 4 heteroatoms. The van der Waals surface area contributed by atoms with Gasteiger partial charge in [0.05, 0.1) is 5.69 Å². The summed E-state index contributed by atoms with van der Waals surface area (Å²) in [5, 5.41) is 24.3. The van der Waals surface area contributed by atoms with Crippen molar-refractivity contribution >= 4 is 5.69 Å². The first kappa shape index (κ1) is 9.88. The lowest BCUT2D eigenvalue weighted by Gasteiger charge is -1.96. The second-order valence-electron chi connectivity index (χ2n) is 2.66. The smallest absolute Gasteiger partial charge is 0.195 e. The Hall–Kier alpha value is -2.20. The van der Waals surface area contributed by atoms with Gasteiger partial charge >= 0.3 is 0 Å². The molecule has 0 unspecified atom stereocenters. The first-order valence-electron chi connectivity index (χ1n) is 4.03. The third-order valence-corrected chi connectivity index (χ3v) is 1.64. The zero-order valence-corrected chi connectivity index (χ0v) is 7.68. The largest absolute Gasteiger partial charge is 0.242 e. The fraction of sp³-hybridized carbons (Fsp3) is 0.200. The molecule has 14 heavy (non-hydrogen) atoms. The summed E-state index contributed by atoms with van der Waals surface area (Å²) in [5.74, 6) is 0. The molecule has 0 aliphatic carbocycles. The van der Waals surface area contributed by atoms with Gasteiger partial charge in [-0.3, -0.25) is 0 Å². The zero-order chi connectivity index (χ0) is 10.4. The van der Waals surface area contributed by atoms with Gasteiger partial charge in [0.25, 0.3) is 0 Å². The van der Waals surface area contributed by atoms with Crippen molar-refractivity contribution < 1.29 is 0 Å². The highest BCUT2D eigenvalue weighted by Gasteiger charge is 2.01. The predicted octanol–water partition coefficient (Wildman–Crippen LogP) is 2.49. The molecule has 1 rings (SSSR count). The van der Waals surface area contributed by atoms with Crippen molar-refractivity contribution in [3.63, 3.8) is 0 Å². The zero-order valence-electron chi connectivity index (χ0n) is 7.68. The molecule has 1 aromatic carbocycles. The number of nitriles is 2. The van der Waals surface area contributed by atoms with Crippen LogP contribution in [-0.4, -0.2) is 6.04 Å². The Kier molecular flexibility index (Phi) is 3.34. The lowest BCUT2D eigenvalue weighted by Crippen LogP contribution is -1.92. The number of azo groups is 1. The Labute approximate surface area is 82.1 Å². The summed E-state index contributed by atoms with van der Waals surface area (Å²) in [6, 6.07) is 9.81. The van der Waals surface area contributed by atoms with Gasteiger partial charge in [0.2, 0.25) is 6.04 Å². The van der Waals surface area contributed by atoms with Crippen molar-refractivity contribution in [1.29, 1.82) is 10.5 Å². The monoisotopic (exact) mass is 184 g/mol. The number of nitrogens with zero attached hydrogens (tertiary/aromatic N) is 4. The van der Waals surface area contributed by atoms with Crippen LogP contribution in [0.1, 0.15) is 5.56 Å². The quantitative estimate of drug-likeness (QED) is 0.662. The number of hydrogen-bond donors (Lipinski definition) is 0. The molecule has 68 valence electrons. The van der Waals surface area contributed by atoms with E-state index in [1.165, 1.54) is 0 Å². The molecule has 0 aromatic heterocycles. The van der Waals surface area contributed by atoms with Gasteiger partial charge in [-0.05, 0) is 18.6 Å². The summed E-state index contributed by atoms with van der Waals surface area (Å²) in [7, 11) is 0. The average molecular weight is 184 g/mol. The van der Waals surface area contributed by atoms with Crippen molar-refractivity contribution in [1.82, 2.24) is 0 Å². The third-order valence-electron chi connectivity index (χ3n) is 1.64. The maximum Gasteiger partial charge on any atom is 0.242 e. The van der Waals surface area contributed by atoms with Gasteiger partial charge in [0.1, 0.15) is 12.1 Å². The van der Waals surface area contributed by atoms with Gasteiger partial charge in [-0.15, -0.1) is 0 Å². The van der Waals surface area contributed by atoms with Crippen LogP contribution in [0.4, 0.5) is 5.69 Å². The molecule has 0 amide bonds. The van der Waals surface area contributed by atoms with E-state index in [4.69, 9.17) is 10.5 Å². The Bertz CT molecular complexity index is 408. The number of aryl methyl sites for hydroxylation is 1. The van der Waals surface area contributed by atoms with Crippen molar-refractivity contribution in [3.8, 4) is 12.1 Å². The van der Waals surface area contributed by atoms with Gasteiger partial charge in [-0.2, -0.15) is 20.8 Å². The van der Waals surface area contributed by atoms with E-state index in [1.807, 2.05) is 25.1 Å². The van der Waals surface area contributed by atoms with Crippen molar-refractivity contribution in [3.05, 3.63) is 29.8 Å². The van der Waals surface area contributed by atoms with Gasteiger partial charge in [-0.1, -0.05) is 18.2 Å². The fourth-order valence-corrected chi connectivity index (χ4v) is 0.876. The van der Waals surface area contributed by atoms with E-state index in [-0.39, 0.29) is 0 Å². The van der Waals surface area contributed by atoms with E-state index < -0.39 is 6.04 Å². The van der Waals surface area contributed by atoms with E-state index in [9.17, 15) is 0 Å². The second-order valence-corrected chi connectivity index (χ2v) is 2.66. The first-order valence-corrected chi connectivity index (χ1v) is 4.03. The molecular weight excluding hydrogens is 176 g/mol. The Balaban J connectivity index is 2.86. The summed E-state index contributed by atoms with van der Waals surface area (Å²) in [6.07, 6.45) is 0. The van der Waals surface area contributed by atoms with E-state index in [0.717, 1.165) is 5.56 Å². The molecule has 4 nitrogen and oxygen atoms in total. The maximum absolute atomic E-state index is 8.45. The molecule has 0 saturated heterocycles. The fourth-order valence-electron chi connectivity index (χ4n) is 0.876. The van der Waals surface area contributed by atoms with Crippen molar-refractivity contribution in [2.45, 2.75) is 13.0 Å². The molecule has 0 N–H and O–H groups in total. The maximum atomic E-state index is 8.45. The van der Waals surface area contributed by atoms with Crippen LogP contribution < -0.4 is 0 Å². The number of hydrogen-bond acceptors (Lipinski definition) is 4. The SMILES string of the molecule is Cc1ccccc1/N=N/C(C#N)C#N. The molecule has 0 atom stereocenters. The van der Waals surface area contributed by atoms with Crippen LogP contribution in [0, 0.1) is 29.6 Å². The van der Waals surface area contributed by atoms with Crippen LogP contribution in [-0.2, 0) is 0 Å². The topological polar surface area (TPSA) is 72.3 Å². The molecule has 0 fully saturated rings. The van der Waals surface area contributed by atoms with E-state index in [0.29, 0.717) is 5.69 Å². The van der Waals surface area contributed by atoms with E-state index >= 15 is 0 Å². The number of benzene rings is 1. The highest BCUT2D eigenvalue weighted by Crippen LogP contribution is 2.17. The standard InChI is InChI=1S/C10H8N4/c1-8-4-2-3-5-10(8)14-13-9(6-11)7-12/h2-5,9H,1H3/b14-13+. The molecule has 0 bridgehead atoms. The van der Waals surface area contributed by atoms with Crippen LogP contribution in [0.15, 0.2) is 34.5 Å². The molecule has 0 aliphatic rings.